The predicted molar refractivity (Wildman–Crippen MR) is 315 cm³/mol. The SMILES string of the molecule is COCCCCCCOc1ccc(-c2nnc(C3CCC(C(=O)N[C@H]4CC(O)CNC(=O)C5C(O)C(C)CN5C(=O)C(C(O)CC(N)=O)NC(=O)C(C(O)C(O)c5ccc(O)c(OSOO[O-])c5)NC(=O)C5CC(O)CN5C(=O)C(C(C)O)NC4=O)CC3)s2)cc1.[Na+]. The average Bonchev–Trinajstić information content (AvgIpc) is 1.60. The van der Waals surface area contributed by atoms with Crippen LogP contribution in [0.1, 0.15) is 107 Å². The van der Waals surface area contributed by atoms with Crippen LogP contribution in [0, 0.1) is 11.8 Å². The third-order valence-electron chi connectivity index (χ3n) is 16.5. The van der Waals surface area contributed by atoms with Crippen LogP contribution in [0.25, 0.3) is 10.6 Å². The van der Waals surface area contributed by atoms with E-state index in [1.54, 1.807) is 7.11 Å². The van der Waals surface area contributed by atoms with E-state index in [9.17, 15) is 84.5 Å². The zero-order chi connectivity index (χ0) is 66.2. The van der Waals surface area contributed by atoms with Gasteiger partial charge in [-0.05, 0) is 93.8 Å². The van der Waals surface area contributed by atoms with Gasteiger partial charge in [0.2, 0.25) is 47.3 Å². The van der Waals surface area contributed by atoms with Crippen molar-refractivity contribution in [2.75, 3.05) is 40.0 Å². The zero-order valence-electron chi connectivity index (χ0n) is 51.1. The number of methoxy groups -OCH3 is 1. The molecule has 1 saturated carbocycles. The van der Waals surface area contributed by atoms with Crippen molar-refractivity contribution in [2.24, 2.45) is 17.6 Å². The quantitative estimate of drug-likeness (QED) is 0.0138. The number of aliphatic hydroxyl groups is 7. The van der Waals surface area contributed by atoms with Crippen molar-refractivity contribution in [1.29, 1.82) is 0 Å². The van der Waals surface area contributed by atoms with E-state index in [0.29, 0.717) is 37.3 Å². The van der Waals surface area contributed by atoms with Gasteiger partial charge in [0.1, 0.15) is 64.2 Å². The molecule has 8 amide bonds. The first kappa shape index (κ1) is 75.1. The third kappa shape index (κ3) is 19.8. The van der Waals surface area contributed by atoms with Crippen LogP contribution in [0.2, 0.25) is 0 Å². The number of nitrogens with one attached hydrogen (secondary N) is 5. The maximum absolute atomic E-state index is 14.7. The van der Waals surface area contributed by atoms with Gasteiger partial charge in [0, 0.05) is 69.5 Å². The van der Waals surface area contributed by atoms with Gasteiger partial charge in [-0.2, -0.15) is 0 Å². The molecule has 3 saturated heterocycles. The van der Waals surface area contributed by atoms with Crippen LogP contribution in [0.4, 0.5) is 0 Å². The first-order valence-electron chi connectivity index (χ1n) is 29.7. The predicted octanol–water partition coefficient (Wildman–Crippen LogP) is -6.36. The summed E-state index contributed by atoms with van der Waals surface area (Å²) in [7, 11) is 1.68. The molecule has 502 valence electrons. The molecular formula is C57H79N10NaO22S2. The molecule has 4 aliphatic rings. The number of benzene rings is 2. The summed E-state index contributed by atoms with van der Waals surface area (Å²) in [6.07, 6.45) is -10.3. The number of hydrogen-bond acceptors (Lipinski definition) is 26. The van der Waals surface area contributed by atoms with E-state index in [1.165, 1.54) is 18.3 Å². The van der Waals surface area contributed by atoms with E-state index in [0.717, 1.165) is 83.5 Å². The van der Waals surface area contributed by atoms with Gasteiger partial charge in [-0.1, -0.05) is 30.7 Å². The number of hydrogen-bond donors (Lipinski definition) is 14. The molecule has 2 aromatic carbocycles. The molecule has 3 aliphatic heterocycles. The Morgan fingerprint density at radius 1 is 0.815 bits per heavy atom. The van der Waals surface area contributed by atoms with Crippen molar-refractivity contribution in [3.63, 3.8) is 0 Å². The molecule has 32 nitrogen and oxygen atoms in total. The number of aromatic nitrogens is 2. The van der Waals surface area contributed by atoms with Crippen LogP contribution in [0.3, 0.4) is 0 Å². The molecule has 14 atom stereocenters. The van der Waals surface area contributed by atoms with Crippen molar-refractivity contribution in [3.05, 3.63) is 53.0 Å². The van der Waals surface area contributed by atoms with Crippen LogP contribution in [0.15, 0.2) is 42.5 Å². The Morgan fingerprint density at radius 3 is 2.14 bits per heavy atom. The van der Waals surface area contributed by atoms with Crippen molar-refractivity contribution in [1.82, 2.24) is 46.6 Å². The summed E-state index contributed by atoms with van der Waals surface area (Å²) in [5, 5.41) is 126. The fourth-order valence-corrected chi connectivity index (χ4v) is 12.7. The molecular weight excluding hydrogens is 1260 g/mol. The van der Waals surface area contributed by atoms with Gasteiger partial charge in [0.15, 0.2) is 11.5 Å². The second-order valence-corrected chi connectivity index (χ2v) is 24.6. The molecule has 7 rings (SSSR count). The normalized spacial score (nSPS) is 27.5. The summed E-state index contributed by atoms with van der Waals surface area (Å²) in [5.74, 6) is -11.6. The van der Waals surface area contributed by atoms with Crippen LogP contribution in [0.5, 0.6) is 17.2 Å². The number of ether oxygens (including phenoxy) is 2. The Kier molecular flexibility index (Phi) is 29.0. The van der Waals surface area contributed by atoms with E-state index in [1.807, 2.05) is 24.3 Å². The summed E-state index contributed by atoms with van der Waals surface area (Å²) in [4.78, 5) is 115. The fraction of sp³-hybridized carbons (Fsp3) is 0.614. The Labute approximate surface area is 559 Å². The largest absolute Gasteiger partial charge is 1.00 e. The van der Waals surface area contributed by atoms with E-state index in [2.05, 4.69) is 46.2 Å². The topological polar surface area (TPSA) is 486 Å². The van der Waals surface area contributed by atoms with E-state index in [-0.39, 0.29) is 53.4 Å². The Morgan fingerprint density at radius 2 is 1.48 bits per heavy atom. The number of unbranched alkanes of at least 4 members (excludes halogenated alkanes) is 3. The smallest absolute Gasteiger partial charge is 0.691 e. The molecule has 4 fully saturated rings. The van der Waals surface area contributed by atoms with E-state index in [4.69, 9.17) is 19.4 Å². The van der Waals surface area contributed by atoms with Crippen molar-refractivity contribution < 1.29 is 137 Å². The maximum atomic E-state index is 14.7. The number of aliphatic hydroxyl groups excluding tert-OH is 7. The second kappa shape index (κ2) is 35.5. The monoisotopic (exact) mass is 1340 g/mol. The molecule has 0 spiro atoms. The molecule has 15 N–H and O–H groups in total. The zero-order valence-corrected chi connectivity index (χ0v) is 54.7. The molecule has 35 heteroatoms. The number of rotatable bonds is 23. The van der Waals surface area contributed by atoms with Gasteiger partial charge in [0.25, 0.3) is 12.3 Å². The summed E-state index contributed by atoms with van der Waals surface area (Å²) in [6.45, 7) is 2.09. The molecule has 3 aromatic rings. The second-order valence-electron chi connectivity index (χ2n) is 23.2. The van der Waals surface area contributed by atoms with Crippen LogP contribution in [-0.4, -0.2) is 221 Å². The number of aromatic hydroxyl groups is 1. The molecule has 13 unspecified atom stereocenters. The first-order chi connectivity index (χ1) is 43.4. The summed E-state index contributed by atoms with van der Waals surface area (Å²) >= 11 is 1.34. The van der Waals surface area contributed by atoms with Crippen molar-refractivity contribution in [3.8, 4) is 27.8 Å². The van der Waals surface area contributed by atoms with Gasteiger partial charge >= 0.3 is 29.6 Å². The summed E-state index contributed by atoms with van der Waals surface area (Å²) in [5.41, 5.74) is 5.88. The van der Waals surface area contributed by atoms with Crippen LogP contribution < -0.4 is 76.1 Å². The molecule has 0 radical (unpaired) electrons. The van der Waals surface area contributed by atoms with Gasteiger partial charge in [-0.15, -0.1) is 14.5 Å². The Bertz CT molecular complexity index is 2990. The third-order valence-corrected chi connectivity index (χ3v) is 17.9. The molecule has 0 bridgehead atoms. The standard InChI is InChI=1S/C57H80N10O22S2.Na/c1-27-25-67-45(46(27)74)53(81)59-24-33(69)21-36(60-49(77)29-8-10-30(11-9-29)54-64-65-55(90-54)31-12-15-35(16-13-31)86-19-7-5-4-6-18-85-3)50(78)61-42(28(2)68)56(82)66-26-34(70)22-37(66)51(79)63-44(52(80)62-43(57(67)83)39(72)23-41(58)73)48(76)47(75)32-14-17-38(71)40(20-32)87-91-89-88-84;/h12-17,20,27-30,33-34,36-37,39,42-48,68-72,74-76,84H,4-11,18-19,21-26H2,1-3H3,(H2,58,73)(H,59,81)(H,60,77)(H,61,78)(H,62,80)(H,63,79);/q;+1/p-1/t27?,28?,29?,30?,33?,34?,36-,37?,39?,42?,43?,44?,45?,46?,47?,48?;/m0./s1. The number of amides is 8. The summed E-state index contributed by atoms with van der Waals surface area (Å²) in [6, 6.07) is -1.67. The molecule has 1 aliphatic carbocycles. The average molecular weight is 1340 g/mol. The minimum Gasteiger partial charge on any atom is -0.691 e. The number of phenolic OH excluding ortho intramolecular Hbond substituents is 1. The first-order valence-corrected chi connectivity index (χ1v) is 31.2. The Balaban J connectivity index is 0.0000134. The van der Waals surface area contributed by atoms with Crippen LogP contribution >= 0.6 is 23.7 Å². The minimum atomic E-state index is -2.53. The van der Waals surface area contributed by atoms with E-state index < -0.39 is 188 Å². The van der Waals surface area contributed by atoms with Crippen molar-refractivity contribution in [2.45, 2.75) is 169 Å². The fourth-order valence-electron chi connectivity index (χ4n) is 11.4. The number of β-amino-alcohol motifs (C(OH)–C–C–N with tert-alkyl or cyclic N) is 1. The number of phenols is 1. The number of nitrogens with two attached hydrogens (primary N) is 1. The number of primary amides is 1. The number of carbonyl (C=O) groups excluding carboxylic acids is 8. The van der Waals surface area contributed by atoms with Crippen LogP contribution in [-0.2, 0) is 52.5 Å². The van der Waals surface area contributed by atoms with Gasteiger partial charge in [-0.25, -0.2) is 0 Å². The molecule has 92 heavy (non-hydrogen) atoms. The number of carbonyl (C=O) groups is 8. The Hall–Kier alpha value is -5.93. The van der Waals surface area contributed by atoms with Gasteiger partial charge in [0.05, 0.1) is 43.5 Å². The number of fused-ring (bicyclic) bond motifs is 2. The van der Waals surface area contributed by atoms with Crippen molar-refractivity contribution >= 4 is 70.9 Å². The van der Waals surface area contributed by atoms with E-state index >= 15 is 0 Å². The maximum Gasteiger partial charge on any atom is 1.00 e. The minimum absolute atomic E-state index is 0. The molecule has 4 heterocycles. The van der Waals surface area contributed by atoms with Gasteiger partial charge in [-0.3, -0.25) is 43.4 Å². The summed E-state index contributed by atoms with van der Waals surface area (Å²) < 4.78 is 20.1. The molecule has 1 aromatic heterocycles. The number of nitrogens with zero attached hydrogens (tertiary/aromatic N) is 4. The van der Waals surface area contributed by atoms with Gasteiger partial charge < -0.3 is 102 Å².